The summed E-state index contributed by atoms with van der Waals surface area (Å²) in [6.45, 7) is 2.77. The van der Waals surface area contributed by atoms with Gasteiger partial charge in [0, 0.05) is 24.6 Å². The Morgan fingerprint density at radius 1 is 1.41 bits per heavy atom. The third kappa shape index (κ3) is 3.80. The standard InChI is InChI=1S/C12H16N2O3/c15-14(16)10-12-9-13(6-7-17-12)8-11-4-2-1-3-5-11/h1-5,12H,6-10H2. The molecule has 17 heavy (non-hydrogen) atoms. The first-order valence-corrected chi connectivity index (χ1v) is 5.74. The quantitative estimate of drug-likeness (QED) is 0.581. The second kappa shape index (κ2) is 5.75. The Morgan fingerprint density at radius 3 is 2.88 bits per heavy atom. The molecule has 0 spiro atoms. The SMILES string of the molecule is O=[N+]([O-])CC1CN(Cc2ccccc2)CCO1. The zero-order chi connectivity index (χ0) is 12.1. The summed E-state index contributed by atoms with van der Waals surface area (Å²) in [6, 6.07) is 10.1. The minimum Gasteiger partial charge on any atom is -0.369 e. The maximum Gasteiger partial charge on any atom is 0.230 e. The lowest BCUT2D eigenvalue weighted by Gasteiger charge is -2.31. The van der Waals surface area contributed by atoms with Gasteiger partial charge in [-0.1, -0.05) is 30.3 Å². The molecule has 0 aliphatic carbocycles. The predicted octanol–water partition coefficient (Wildman–Crippen LogP) is 1.16. The van der Waals surface area contributed by atoms with Crippen LogP contribution in [0.25, 0.3) is 0 Å². The van der Waals surface area contributed by atoms with Gasteiger partial charge in [0.25, 0.3) is 0 Å². The van der Waals surface area contributed by atoms with E-state index in [4.69, 9.17) is 4.74 Å². The van der Waals surface area contributed by atoms with Gasteiger partial charge in [-0.25, -0.2) is 0 Å². The van der Waals surface area contributed by atoms with Crippen LogP contribution in [-0.4, -0.2) is 42.2 Å². The van der Waals surface area contributed by atoms with Crippen molar-refractivity contribution < 1.29 is 9.66 Å². The van der Waals surface area contributed by atoms with E-state index in [1.807, 2.05) is 18.2 Å². The van der Waals surface area contributed by atoms with Crippen LogP contribution in [0.3, 0.4) is 0 Å². The van der Waals surface area contributed by atoms with Gasteiger partial charge in [0.15, 0.2) is 0 Å². The third-order valence-corrected chi connectivity index (χ3v) is 2.82. The average molecular weight is 236 g/mol. The molecule has 2 rings (SSSR count). The summed E-state index contributed by atoms with van der Waals surface area (Å²) in [6.07, 6.45) is -0.275. The van der Waals surface area contributed by atoms with Crippen molar-refractivity contribution in [3.05, 3.63) is 46.0 Å². The molecule has 0 radical (unpaired) electrons. The molecule has 5 heteroatoms. The van der Waals surface area contributed by atoms with Crippen LogP contribution in [0, 0.1) is 10.1 Å². The van der Waals surface area contributed by atoms with E-state index < -0.39 is 0 Å². The maximum absolute atomic E-state index is 10.4. The fraction of sp³-hybridized carbons (Fsp3) is 0.500. The van der Waals surface area contributed by atoms with Crippen LogP contribution < -0.4 is 0 Å². The van der Waals surface area contributed by atoms with Crippen molar-refractivity contribution in [2.45, 2.75) is 12.6 Å². The number of nitro groups is 1. The van der Waals surface area contributed by atoms with Gasteiger partial charge in [0.1, 0.15) is 6.10 Å². The lowest BCUT2D eigenvalue weighted by molar-refractivity contribution is -0.492. The van der Waals surface area contributed by atoms with Crippen molar-refractivity contribution in [1.82, 2.24) is 4.90 Å². The highest BCUT2D eigenvalue weighted by Crippen LogP contribution is 2.10. The van der Waals surface area contributed by atoms with Crippen molar-refractivity contribution in [2.24, 2.45) is 0 Å². The Labute approximate surface area is 100 Å². The highest BCUT2D eigenvalue weighted by molar-refractivity contribution is 5.14. The normalized spacial score (nSPS) is 21.3. The van der Waals surface area contributed by atoms with Crippen LogP contribution >= 0.6 is 0 Å². The molecule has 5 nitrogen and oxygen atoms in total. The molecule has 1 heterocycles. The second-order valence-electron chi connectivity index (χ2n) is 4.23. The van der Waals surface area contributed by atoms with Gasteiger partial charge >= 0.3 is 0 Å². The summed E-state index contributed by atoms with van der Waals surface area (Å²) in [5.74, 6) is 0. The molecule has 1 aromatic carbocycles. The minimum absolute atomic E-state index is 0.106. The van der Waals surface area contributed by atoms with E-state index in [9.17, 15) is 10.1 Å². The summed E-state index contributed by atoms with van der Waals surface area (Å²) in [4.78, 5) is 12.3. The van der Waals surface area contributed by atoms with Crippen LogP contribution in [0.2, 0.25) is 0 Å². The zero-order valence-corrected chi connectivity index (χ0v) is 9.62. The van der Waals surface area contributed by atoms with Gasteiger partial charge in [0.05, 0.1) is 6.61 Å². The van der Waals surface area contributed by atoms with Gasteiger partial charge in [-0.2, -0.15) is 0 Å². The first-order chi connectivity index (χ1) is 8.24. The van der Waals surface area contributed by atoms with Crippen molar-refractivity contribution in [2.75, 3.05) is 26.2 Å². The predicted molar refractivity (Wildman–Crippen MR) is 63.3 cm³/mol. The van der Waals surface area contributed by atoms with E-state index in [1.54, 1.807) is 0 Å². The van der Waals surface area contributed by atoms with Crippen molar-refractivity contribution >= 4 is 0 Å². The summed E-state index contributed by atoms with van der Waals surface area (Å²) in [5.41, 5.74) is 1.23. The van der Waals surface area contributed by atoms with Gasteiger partial charge in [-0.15, -0.1) is 0 Å². The Hall–Kier alpha value is -1.46. The Morgan fingerprint density at radius 2 is 2.18 bits per heavy atom. The molecule has 1 aliphatic heterocycles. The van der Waals surface area contributed by atoms with Crippen molar-refractivity contribution in [3.8, 4) is 0 Å². The van der Waals surface area contributed by atoms with E-state index in [0.29, 0.717) is 13.2 Å². The van der Waals surface area contributed by atoms with Gasteiger partial charge < -0.3 is 4.74 Å². The Balaban J connectivity index is 1.87. The molecule has 1 aliphatic rings. The lowest BCUT2D eigenvalue weighted by atomic mass is 10.2. The number of rotatable bonds is 4. The van der Waals surface area contributed by atoms with Crippen molar-refractivity contribution in [3.63, 3.8) is 0 Å². The van der Waals surface area contributed by atoms with Crippen LogP contribution in [0.15, 0.2) is 30.3 Å². The molecule has 92 valence electrons. The smallest absolute Gasteiger partial charge is 0.230 e. The summed E-state index contributed by atoms with van der Waals surface area (Å²) in [7, 11) is 0. The molecule has 1 saturated heterocycles. The number of morpholine rings is 1. The number of ether oxygens (including phenoxy) is 1. The molecule has 1 aromatic rings. The fourth-order valence-corrected chi connectivity index (χ4v) is 2.04. The molecule has 0 aromatic heterocycles. The number of nitrogens with zero attached hydrogens (tertiary/aromatic N) is 2. The molecule has 0 N–H and O–H groups in total. The lowest BCUT2D eigenvalue weighted by Crippen LogP contribution is -2.44. The average Bonchev–Trinajstić information content (AvgIpc) is 2.30. The Bertz CT molecular complexity index is 369. The zero-order valence-electron chi connectivity index (χ0n) is 9.62. The van der Waals surface area contributed by atoms with E-state index >= 15 is 0 Å². The molecule has 1 atom stereocenters. The van der Waals surface area contributed by atoms with Crippen LogP contribution in [-0.2, 0) is 11.3 Å². The highest BCUT2D eigenvalue weighted by atomic mass is 16.6. The molecule has 1 unspecified atom stereocenters. The molecule has 1 fully saturated rings. The fourth-order valence-electron chi connectivity index (χ4n) is 2.04. The molecular formula is C12H16N2O3. The molecule has 0 saturated carbocycles. The Kier molecular flexibility index (Phi) is 4.06. The van der Waals surface area contributed by atoms with E-state index in [1.165, 1.54) is 5.56 Å². The first-order valence-electron chi connectivity index (χ1n) is 5.74. The monoisotopic (exact) mass is 236 g/mol. The number of hydrogen-bond donors (Lipinski definition) is 0. The van der Waals surface area contributed by atoms with Gasteiger partial charge in [-0.3, -0.25) is 15.0 Å². The summed E-state index contributed by atoms with van der Waals surface area (Å²) < 4.78 is 5.37. The minimum atomic E-state index is -0.309. The van der Waals surface area contributed by atoms with Gasteiger partial charge in [0.2, 0.25) is 6.54 Å². The van der Waals surface area contributed by atoms with E-state index in [0.717, 1.165) is 13.1 Å². The van der Waals surface area contributed by atoms with Crippen LogP contribution in [0.4, 0.5) is 0 Å². The largest absolute Gasteiger partial charge is 0.369 e. The number of hydrogen-bond acceptors (Lipinski definition) is 4. The van der Waals surface area contributed by atoms with Crippen LogP contribution in [0.1, 0.15) is 5.56 Å². The number of benzene rings is 1. The van der Waals surface area contributed by atoms with Gasteiger partial charge in [-0.05, 0) is 5.56 Å². The van der Waals surface area contributed by atoms with E-state index in [-0.39, 0.29) is 17.6 Å². The second-order valence-corrected chi connectivity index (χ2v) is 4.23. The molecular weight excluding hydrogens is 220 g/mol. The third-order valence-electron chi connectivity index (χ3n) is 2.82. The van der Waals surface area contributed by atoms with E-state index in [2.05, 4.69) is 17.0 Å². The molecule has 0 amide bonds. The first kappa shape index (κ1) is 12.0. The topological polar surface area (TPSA) is 55.6 Å². The summed E-state index contributed by atoms with van der Waals surface area (Å²) in [5, 5.41) is 10.4. The van der Waals surface area contributed by atoms with Crippen LogP contribution in [0.5, 0.6) is 0 Å². The highest BCUT2D eigenvalue weighted by Gasteiger charge is 2.24. The molecule has 0 bridgehead atoms. The maximum atomic E-state index is 10.4. The van der Waals surface area contributed by atoms with Crippen molar-refractivity contribution in [1.29, 1.82) is 0 Å². The summed E-state index contributed by atoms with van der Waals surface area (Å²) >= 11 is 0.